The predicted octanol–water partition coefficient (Wildman–Crippen LogP) is 5.82. The normalized spacial score (nSPS) is 20.0. The number of Topliss-reactive ketones (excluding diaryl/α,β-unsaturated/α-hetero) is 1. The van der Waals surface area contributed by atoms with E-state index in [-0.39, 0.29) is 11.5 Å². The van der Waals surface area contributed by atoms with Gasteiger partial charge in [-0.25, -0.2) is 5.06 Å². The number of halogens is 1. The molecule has 0 saturated carbocycles. The lowest BCUT2D eigenvalue weighted by atomic mass is 9.82. The van der Waals surface area contributed by atoms with E-state index in [1.807, 2.05) is 90.0 Å². The Morgan fingerprint density at radius 1 is 0.818 bits per heavy atom. The summed E-state index contributed by atoms with van der Waals surface area (Å²) in [6, 6.07) is 31.7. The monoisotopic (exact) mass is 500 g/mol. The predicted molar refractivity (Wildman–Crippen MR) is 129 cm³/mol. The molecule has 1 aliphatic rings. The van der Waals surface area contributed by atoms with Crippen LogP contribution in [0, 0.1) is 11.1 Å². The third-order valence-corrected chi connectivity index (χ3v) is 6.40. The molecule has 0 unspecified atom stereocenters. The van der Waals surface area contributed by atoms with Gasteiger partial charge in [0.25, 0.3) is 5.69 Å². The maximum Gasteiger partial charge on any atom is 0.260 e. The second-order valence-electron chi connectivity index (χ2n) is 7.90. The van der Waals surface area contributed by atoms with Crippen molar-refractivity contribution in [2.45, 2.75) is 12.1 Å². The van der Waals surface area contributed by atoms with Crippen LogP contribution < -0.4 is 9.79 Å². The van der Waals surface area contributed by atoms with Gasteiger partial charge in [-0.2, -0.15) is 4.73 Å². The van der Waals surface area contributed by atoms with Gasteiger partial charge in [0.15, 0.2) is 6.20 Å². The summed E-state index contributed by atoms with van der Waals surface area (Å²) >= 11 is 3.50. The fourth-order valence-electron chi connectivity index (χ4n) is 4.35. The zero-order chi connectivity index (χ0) is 22.8. The first-order valence-corrected chi connectivity index (χ1v) is 11.5. The first-order chi connectivity index (χ1) is 16.1. The Morgan fingerprint density at radius 3 is 2.12 bits per heavy atom. The van der Waals surface area contributed by atoms with Gasteiger partial charge < -0.3 is 5.21 Å². The van der Waals surface area contributed by atoms with E-state index in [4.69, 9.17) is 4.84 Å². The minimum atomic E-state index is -0.642. The molecule has 0 radical (unpaired) electrons. The number of rotatable bonds is 5. The third kappa shape index (κ3) is 4.15. The van der Waals surface area contributed by atoms with E-state index < -0.39 is 18.1 Å². The molecule has 0 spiro atoms. The van der Waals surface area contributed by atoms with Crippen LogP contribution in [0.15, 0.2) is 114 Å². The summed E-state index contributed by atoms with van der Waals surface area (Å²) in [7, 11) is 0. The van der Waals surface area contributed by atoms with E-state index in [1.165, 1.54) is 6.20 Å². The summed E-state index contributed by atoms with van der Waals surface area (Å²) in [5.41, 5.74) is 2.74. The highest BCUT2D eigenvalue weighted by molar-refractivity contribution is 9.10. The van der Waals surface area contributed by atoms with Gasteiger partial charge in [0.1, 0.15) is 6.10 Å². The molecule has 2 heterocycles. The minimum Gasteiger partial charge on any atom is -0.618 e. The minimum absolute atomic E-state index is 0.101. The highest BCUT2D eigenvalue weighted by Gasteiger charge is 2.50. The number of hydrogen-bond donors (Lipinski definition) is 0. The van der Waals surface area contributed by atoms with Crippen LogP contribution in [0.4, 0.5) is 5.69 Å². The molecule has 0 amide bonds. The molecule has 33 heavy (non-hydrogen) atoms. The maximum atomic E-state index is 13.9. The molecule has 3 atom stereocenters. The number of para-hydroxylation sites is 1. The third-order valence-electron chi connectivity index (χ3n) is 5.88. The molecule has 0 bridgehead atoms. The van der Waals surface area contributed by atoms with E-state index in [2.05, 4.69) is 15.9 Å². The van der Waals surface area contributed by atoms with Gasteiger partial charge in [0.2, 0.25) is 5.78 Å². The van der Waals surface area contributed by atoms with Crippen molar-refractivity contribution in [3.63, 3.8) is 0 Å². The first kappa shape index (κ1) is 21.4. The molecule has 0 N–H and O–H groups in total. The Morgan fingerprint density at radius 2 is 1.45 bits per heavy atom. The van der Waals surface area contributed by atoms with E-state index in [0.717, 1.165) is 21.3 Å². The van der Waals surface area contributed by atoms with Crippen molar-refractivity contribution >= 4 is 27.4 Å². The molecule has 6 heteroatoms. The molecule has 3 aromatic carbocycles. The van der Waals surface area contributed by atoms with Crippen LogP contribution in [-0.4, -0.2) is 5.78 Å². The van der Waals surface area contributed by atoms with Crippen LogP contribution in [0.3, 0.4) is 0 Å². The molecule has 5 rings (SSSR count). The van der Waals surface area contributed by atoms with Crippen molar-refractivity contribution < 1.29 is 14.4 Å². The van der Waals surface area contributed by atoms with Gasteiger partial charge in [0.05, 0.1) is 17.6 Å². The zero-order valence-electron chi connectivity index (χ0n) is 17.6. The summed E-state index contributed by atoms with van der Waals surface area (Å²) in [4.78, 5) is 20.5. The summed E-state index contributed by atoms with van der Waals surface area (Å²) < 4.78 is 1.58. The van der Waals surface area contributed by atoms with Gasteiger partial charge in [0, 0.05) is 16.6 Å². The summed E-state index contributed by atoms with van der Waals surface area (Å²) in [6.07, 6.45) is 0.789. The molecule has 1 fully saturated rings. The topological polar surface area (TPSA) is 56.5 Å². The number of carbonyl (C=O) groups is 1. The number of carbonyl (C=O) groups excluding carboxylic acids is 1. The van der Waals surface area contributed by atoms with E-state index in [9.17, 15) is 10.0 Å². The van der Waals surface area contributed by atoms with Crippen molar-refractivity contribution in [1.29, 1.82) is 0 Å². The Labute approximate surface area is 200 Å². The van der Waals surface area contributed by atoms with Crippen molar-refractivity contribution in [1.82, 2.24) is 0 Å². The average Bonchev–Trinajstić information content (AvgIpc) is 3.26. The Balaban J connectivity index is 1.69. The Bertz CT molecular complexity index is 1250. The fourth-order valence-corrected chi connectivity index (χ4v) is 4.61. The SMILES string of the molecule is O=C(c1cccc[n+]1[O-])[C@@H]1[C@@H](c2ccc(Br)cc2)N(c2ccccc2)O[C@H]1c1ccccc1. The second-order valence-corrected chi connectivity index (χ2v) is 8.81. The number of pyridine rings is 1. The largest absolute Gasteiger partial charge is 0.618 e. The van der Waals surface area contributed by atoms with Gasteiger partial charge in [-0.15, -0.1) is 0 Å². The lowest BCUT2D eigenvalue weighted by Crippen LogP contribution is -2.38. The molecule has 0 aliphatic carbocycles. The number of anilines is 1. The molecule has 5 nitrogen and oxygen atoms in total. The van der Waals surface area contributed by atoms with Gasteiger partial charge >= 0.3 is 0 Å². The summed E-state index contributed by atoms with van der Waals surface area (Å²) in [6.45, 7) is 0. The number of aromatic nitrogens is 1. The van der Waals surface area contributed by atoms with Crippen molar-refractivity contribution in [3.8, 4) is 0 Å². The molecular weight excluding hydrogens is 480 g/mol. The summed E-state index contributed by atoms with van der Waals surface area (Å²) in [5, 5.41) is 14.3. The lowest BCUT2D eigenvalue weighted by molar-refractivity contribution is -0.607. The number of nitrogens with zero attached hydrogens (tertiary/aromatic N) is 2. The van der Waals surface area contributed by atoms with Crippen LogP contribution >= 0.6 is 15.9 Å². The highest BCUT2D eigenvalue weighted by Crippen LogP contribution is 2.49. The number of benzene rings is 3. The Kier molecular flexibility index (Phi) is 5.94. The quantitative estimate of drug-likeness (QED) is 0.197. The van der Waals surface area contributed by atoms with Crippen molar-refractivity contribution in [2.24, 2.45) is 5.92 Å². The average molecular weight is 501 g/mol. The van der Waals surface area contributed by atoms with Gasteiger partial charge in [-0.3, -0.25) is 9.63 Å². The number of ketones is 1. The van der Waals surface area contributed by atoms with Crippen LogP contribution in [0.2, 0.25) is 0 Å². The van der Waals surface area contributed by atoms with Crippen LogP contribution in [0.25, 0.3) is 0 Å². The first-order valence-electron chi connectivity index (χ1n) is 10.7. The standard InChI is InChI=1S/C27H21BrN2O3/c28-21-16-14-19(15-17-21)25-24(26(31)23-13-7-8-18-29(23)32)27(20-9-3-1-4-10-20)33-30(25)22-11-5-2-6-12-22/h1-18,24-25,27H/t24-,25+,27-/m0/s1. The van der Waals surface area contributed by atoms with E-state index in [0.29, 0.717) is 4.73 Å². The van der Waals surface area contributed by atoms with Crippen molar-refractivity contribution in [2.75, 3.05) is 5.06 Å². The van der Waals surface area contributed by atoms with Gasteiger partial charge in [-0.1, -0.05) is 76.6 Å². The molecular formula is C27H21BrN2O3. The zero-order valence-corrected chi connectivity index (χ0v) is 19.2. The number of hydroxylamine groups is 1. The van der Waals surface area contributed by atoms with E-state index in [1.54, 1.807) is 18.2 Å². The smallest absolute Gasteiger partial charge is 0.260 e. The molecule has 1 saturated heterocycles. The molecule has 164 valence electrons. The second kappa shape index (κ2) is 9.17. The van der Waals surface area contributed by atoms with Crippen LogP contribution in [0.5, 0.6) is 0 Å². The lowest BCUT2D eigenvalue weighted by Gasteiger charge is -2.27. The molecule has 4 aromatic rings. The summed E-state index contributed by atoms with van der Waals surface area (Å²) in [5.74, 6) is -0.901. The highest BCUT2D eigenvalue weighted by atomic mass is 79.9. The fraction of sp³-hybridized carbons (Fsp3) is 0.111. The van der Waals surface area contributed by atoms with E-state index >= 15 is 0 Å². The van der Waals surface area contributed by atoms with Gasteiger partial charge in [-0.05, 0) is 41.5 Å². The van der Waals surface area contributed by atoms with Crippen LogP contribution in [0.1, 0.15) is 33.8 Å². The maximum absolute atomic E-state index is 13.9. The molecule has 1 aromatic heterocycles. The Hall–Kier alpha value is -3.48. The van der Waals surface area contributed by atoms with Crippen molar-refractivity contribution in [3.05, 3.63) is 136 Å². The molecule has 1 aliphatic heterocycles. The number of hydrogen-bond acceptors (Lipinski definition) is 4. The van der Waals surface area contributed by atoms with Crippen LogP contribution in [-0.2, 0) is 4.84 Å².